The molecule has 0 aromatic heterocycles. The van der Waals surface area contributed by atoms with Crippen molar-refractivity contribution in [1.29, 1.82) is 0 Å². The molecular weight excluding hydrogens is 300 g/mol. The quantitative estimate of drug-likeness (QED) is 0.826. The summed E-state index contributed by atoms with van der Waals surface area (Å²) in [6.07, 6.45) is 0.396. The van der Waals surface area contributed by atoms with Gasteiger partial charge in [-0.25, -0.2) is 9.59 Å². The minimum atomic E-state index is -1.01. The second-order valence-electron chi connectivity index (χ2n) is 7.97. The van der Waals surface area contributed by atoms with E-state index in [1.807, 2.05) is 20.8 Å². The highest BCUT2D eigenvalue weighted by atomic mass is 16.6. The fourth-order valence-corrected chi connectivity index (χ4v) is 2.53. The van der Waals surface area contributed by atoms with Crippen LogP contribution in [0.1, 0.15) is 54.4 Å². The minimum Gasteiger partial charge on any atom is -0.480 e. The second-order valence-corrected chi connectivity index (χ2v) is 7.97. The van der Waals surface area contributed by atoms with Crippen LogP contribution in [-0.4, -0.2) is 52.2 Å². The van der Waals surface area contributed by atoms with Crippen LogP contribution < -0.4 is 5.32 Å². The summed E-state index contributed by atoms with van der Waals surface area (Å²) in [7, 11) is 0. The number of nitrogens with zero attached hydrogens (tertiary/aromatic N) is 1. The van der Waals surface area contributed by atoms with Gasteiger partial charge in [0.25, 0.3) is 0 Å². The highest BCUT2D eigenvalue weighted by Crippen LogP contribution is 2.26. The Balaban J connectivity index is 2.92. The highest BCUT2D eigenvalue weighted by molar-refractivity contribution is 5.90. The molecule has 0 saturated carbocycles. The number of carboxylic acids is 1. The Morgan fingerprint density at radius 3 is 2.17 bits per heavy atom. The maximum absolute atomic E-state index is 12.8. The molecule has 0 aliphatic carbocycles. The number of carbonyl (C=O) groups excluding carboxylic acids is 2. The van der Waals surface area contributed by atoms with Crippen LogP contribution in [0, 0.1) is 5.41 Å². The number of ether oxygens (including phenoxy) is 1. The molecule has 2 amide bonds. The van der Waals surface area contributed by atoms with Crippen LogP contribution in [0.5, 0.6) is 0 Å². The summed E-state index contributed by atoms with van der Waals surface area (Å²) in [4.78, 5) is 37.5. The Hall–Kier alpha value is -1.79. The number of carbonyl (C=O) groups is 3. The van der Waals surface area contributed by atoms with E-state index in [0.717, 1.165) is 0 Å². The topological polar surface area (TPSA) is 95.9 Å². The number of alkyl carbamates (subject to hydrolysis) is 1. The van der Waals surface area contributed by atoms with Crippen molar-refractivity contribution >= 4 is 18.0 Å². The molecule has 1 aliphatic rings. The zero-order valence-electron chi connectivity index (χ0n) is 14.8. The summed E-state index contributed by atoms with van der Waals surface area (Å²) in [5.41, 5.74) is -1.24. The monoisotopic (exact) mass is 328 g/mol. The van der Waals surface area contributed by atoms with E-state index in [1.165, 1.54) is 4.90 Å². The predicted octanol–water partition coefficient (Wildman–Crippen LogP) is 2.00. The Morgan fingerprint density at radius 1 is 1.17 bits per heavy atom. The van der Waals surface area contributed by atoms with Crippen LogP contribution in [0.3, 0.4) is 0 Å². The first-order chi connectivity index (χ1) is 10.3. The number of carboxylic acid groups (broad SMARTS) is 1. The zero-order valence-corrected chi connectivity index (χ0v) is 14.8. The molecule has 1 unspecified atom stereocenters. The third kappa shape index (κ3) is 5.41. The lowest BCUT2D eigenvalue weighted by Crippen LogP contribution is -2.57. The van der Waals surface area contributed by atoms with Gasteiger partial charge in [-0.1, -0.05) is 20.8 Å². The third-order valence-corrected chi connectivity index (χ3v) is 3.59. The first-order valence-electron chi connectivity index (χ1n) is 7.86. The summed E-state index contributed by atoms with van der Waals surface area (Å²) < 4.78 is 5.21. The Labute approximate surface area is 137 Å². The van der Waals surface area contributed by atoms with Crippen LogP contribution in [-0.2, 0) is 14.3 Å². The van der Waals surface area contributed by atoms with E-state index in [-0.39, 0.29) is 5.91 Å². The molecule has 132 valence electrons. The summed E-state index contributed by atoms with van der Waals surface area (Å²) in [5, 5.41) is 11.9. The van der Waals surface area contributed by atoms with Gasteiger partial charge in [0.1, 0.15) is 17.7 Å². The lowest BCUT2D eigenvalue weighted by atomic mass is 9.85. The molecule has 1 rings (SSSR count). The van der Waals surface area contributed by atoms with Crippen LogP contribution in [0.15, 0.2) is 0 Å². The molecular formula is C16H28N2O5. The fourth-order valence-electron chi connectivity index (χ4n) is 2.53. The summed E-state index contributed by atoms with van der Waals surface area (Å²) >= 11 is 0. The van der Waals surface area contributed by atoms with E-state index in [0.29, 0.717) is 19.4 Å². The Kier molecular flexibility index (Phi) is 5.66. The number of likely N-dealkylation sites (tertiary alicyclic amines) is 1. The van der Waals surface area contributed by atoms with Crippen molar-refractivity contribution < 1.29 is 24.2 Å². The summed E-state index contributed by atoms with van der Waals surface area (Å²) in [5.74, 6) is -1.39. The standard InChI is InChI=1S/C16H28N2O5/c1-15(2,3)11(17-14(22)23-16(4,5)6)12(19)18-9-7-8-10(18)13(20)21/h10-11H,7-9H2,1-6H3,(H,17,22)(H,20,21)/t10?,11-/m1/s1. The molecule has 0 aromatic rings. The lowest BCUT2D eigenvalue weighted by Gasteiger charge is -2.35. The number of hydrogen-bond acceptors (Lipinski definition) is 4. The number of rotatable bonds is 3. The minimum absolute atomic E-state index is 0.381. The van der Waals surface area contributed by atoms with Gasteiger partial charge in [0, 0.05) is 6.54 Å². The maximum Gasteiger partial charge on any atom is 0.408 e. The maximum atomic E-state index is 12.8. The van der Waals surface area contributed by atoms with Crippen molar-refractivity contribution in [3.05, 3.63) is 0 Å². The van der Waals surface area contributed by atoms with Gasteiger partial charge in [0.2, 0.25) is 5.91 Å². The van der Waals surface area contributed by atoms with Crippen molar-refractivity contribution in [3.8, 4) is 0 Å². The van der Waals surface area contributed by atoms with E-state index < -0.39 is 35.2 Å². The molecule has 0 bridgehead atoms. The predicted molar refractivity (Wildman–Crippen MR) is 85.0 cm³/mol. The number of amides is 2. The van der Waals surface area contributed by atoms with Crippen LogP contribution >= 0.6 is 0 Å². The first kappa shape index (κ1) is 19.3. The van der Waals surface area contributed by atoms with Crippen molar-refractivity contribution in [2.75, 3.05) is 6.54 Å². The summed E-state index contributed by atoms with van der Waals surface area (Å²) in [6.45, 7) is 11.1. The van der Waals surface area contributed by atoms with Crippen molar-refractivity contribution in [1.82, 2.24) is 10.2 Å². The fraction of sp³-hybridized carbons (Fsp3) is 0.812. The van der Waals surface area contributed by atoms with Crippen LogP contribution in [0.2, 0.25) is 0 Å². The SMILES string of the molecule is CC(C)(C)OC(=O)N[C@H](C(=O)N1CCCC1C(=O)O)C(C)(C)C. The van der Waals surface area contributed by atoms with Gasteiger partial charge < -0.3 is 20.1 Å². The normalized spacial score (nSPS) is 20.1. The second kappa shape index (κ2) is 6.76. The Morgan fingerprint density at radius 2 is 1.74 bits per heavy atom. The van der Waals surface area contributed by atoms with E-state index in [2.05, 4.69) is 5.32 Å². The number of hydrogen-bond donors (Lipinski definition) is 2. The molecule has 7 heteroatoms. The molecule has 2 N–H and O–H groups in total. The molecule has 0 aromatic carbocycles. The molecule has 1 heterocycles. The van der Waals surface area contributed by atoms with E-state index in [4.69, 9.17) is 4.74 Å². The number of nitrogens with one attached hydrogen (secondary N) is 1. The van der Waals surface area contributed by atoms with Gasteiger partial charge in [0.15, 0.2) is 0 Å². The smallest absolute Gasteiger partial charge is 0.408 e. The highest BCUT2D eigenvalue weighted by Gasteiger charge is 2.42. The third-order valence-electron chi connectivity index (χ3n) is 3.59. The van der Waals surface area contributed by atoms with Crippen molar-refractivity contribution in [3.63, 3.8) is 0 Å². The van der Waals surface area contributed by atoms with Crippen molar-refractivity contribution in [2.45, 2.75) is 72.1 Å². The van der Waals surface area contributed by atoms with Gasteiger partial charge in [-0.3, -0.25) is 4.79 Å². The van der Waals surface area contributed by atoms with Crippen molar-refractivity contribution in [2.24, 2.45) is 5.41 Å². The molecule has 1 aliphatic heterocycles. The van der Waals surface area contributed by atoms with Crippen LogP contribution in [0.4, 0.5) is 4.79 Å². The van der Waals surface area contributed by atoms with E-state index in [1.54, 1.807) is 20.8 Å². The Bertz CT molecular complexity index is 476. The van der Waals surface area contributed by atoms with Gasteiger partial charge in [-0.2, -0.15) is 0 Å². The molecule has 2 atom stereocenters. The molecule has 1 saturated heterocycles. The van der Waals surface area contributed by atoms with Gasteiger partial charge in [-0.05, 0) is 39.0 Å². The average Bonchev–Trinajstić information content (AvgIpc) is 2.80. The molecule has 0 spiro atoms. The van der Waals surface area contributed by atoms with Gasteiger partial charge >= 0.3 is 12.1 Å². The first-order valence-corrected chi connectivity index (χ1v) is 7.86. The average molecular weight is 328 g/mol. The number of aliphatic carboxylic acids is 1. The van der Waals surface area contributed by atoms with E-state index >= 15 is 0 Å². The largest absolute Gasteiger partial charge is 0.480 e. The van der Waals surface area contributed by atoms with Crippen LogP contribution in [0.25, 0.3) is 0 Å². The molecule has 0 radical (unpaired) electrons. The zero-order chi connectivity index (χ0) is 18.0. The molecule has 7 nitrogen and oxygen atoms in total. The van der Waals surface area contributed by atoms with Gasteiger partial charge in [-0.15, -0.1) is 0 Å². The molecule has 23 heavy (non-hydrogen) atoms. The summed E-state index contributed by atoms with van der Waals surface area (Å²) in [6, 6.07) is -1.68. The van der Waals surface area contributed by atoms with Gasteiger partial charge in [0.05, 0.1) is 0 Å². The van der Waals surface area contributed by atoms with E-state index in [9.17, 15) is 19.5 Å². The lowest BCUT2D eigenvalue weighted by molar-refractivity contribution is -0.150. The molecule has 1 fully saturated rings.